The molecule has 1 aromatic rings. The molecule has 1 unspecified atom stereocenters. The molecule has 3 nitrogen and oxygen atoms in total. The molecule has 5 heteroatoms. The van der Waals surface area contributed by atoms with Gasteiger partial charge in [-0.2, -0.15) is 0 Å². The first kappa shape index (κ1) is 12.3. The topological polar surface area (TPSA) is 32.5 Å². The van der Waals surface area contributed by atoms with Crippen LogP contribution in [0.2, 0.25) is 4.34 Å². The predicted molar refractivity (Wildman–Crippen MR) is 70.2 cm³/mol. The van der Waals surface area contributed by atoms with Gasteiger partial charge in [0, 0.05) is 37.6 Å². The summed E-state index contributed by atoms with van der Waals surface area (Å²) in [5, 5.41) is 0. The van der Waals surface area contributed by atoms with Gasteiger partial charge in [0.25, 0.3) is 0 Å². The average Bonchev–Trinajstić information content (AvgIpc) is 2.69. The van der Waals surface area contributed by atoms with Gasteiger partial charge in [0.05, 0.1) is 10.4 Å². The number of likely N-dealkylation sites (N-methyl/N-ethyl adjacent to an activating group) is 1. The molecule has 0 amide bonds. The Morgan fingerprint density at radius 3 is 2.56 bits per heavy atom. The zero-order valence-electron chi connectivity index (χ0n) is 9.53. The normalized spacial score (nSPS) is 21.2. The van der Waals surface area contributed by atoms with E-state index in [1.54, 1.807) is 11.3 Å². The molecule has 16 heavy (non-hydrogen) atoms. The summed E-state index contributed by atoms with van der Waals surface area (Å²) in [6.07, 6.45) is 0. The van der Waals surface area contributed by atoms with Crippen LogP contribution in [0.15, 0.2) is 12.1 Å². The Bertz CT molecular complexity index is 334. The van der Waals surface area contributed by atoms with E-state index >= 15 is 0 Å². The van der Waals surface area contributed by atoms with Gasteiger partial charge in [-0.05, 0) is 19.2 Å². The van der Waals surface area contributed by atoms with Gasteiger partial charge in [-0.3, -0.25) is 4.90 Å². The summed E-state index contributed by atoms with van der Waals surface area (Å²) in [5.41, 5.74) is 5.89. The van der Waals surface area contributed by atoms with Crippen LogP contribution in [0.5, 0.6) is 0 Å². The van der Waals surface area contributed by atoms with Gasteiger partial charge in [0.15, 0.2) is 0 Å². The van der Waals surface area contributed by atoms with Crippen LogP contribution >= 0.6 is 22.9 Å². The zero-order chi connectivity index (χ0) is 11.5. The molecule has 1 saturated heterocycles. The van der Waals surface area contributed by atoms with E-state index < -0.39 is 0 Å². The Labute approximate surface area is 106 Å². The summed E-state index contributed by atoms with van der Waals surface area (Å²) in [6.45, 7) is 5.09. The molecule has 1 atom stereocenters. The molecule has 2 heterocycles. The number of piperazine rings is 1. The molecule has 0 aliphatic carbocycles. The number of hydrogen-bond donors (Lipinski definition) is 1. The Kier molecular flexibility index (Phi) is 4.21. The van der Waals surface area contributed by atoms with Gasteiger partial charge in [0.2, 0.25) is 0 Å². The van der Waals surface area contributed by atoms with Crippen LogP contribution in [-0.2, 0) is 0 Å². The maximum atomic E-state index is 5.97. The highest BCUT2D eigenvalue weighted by molar-refractivity contribution is 7.16. The fourth-order valence-electron chi connectivity index (χ4n) is 2.09. The van der Waals surface area contributed by atoms with Crippen molar-refractivity contribution in [2.45, 2.75) is 6.04 Å². The van der Waals surface area contributed by atoms with Crippen LogP contribution in [0.3, 0.4) is 0 Å². The van der Waals surface area contributed by atoms with Crippen molar-refractivity contribution in [3.8, 4) is 0 Å². The molecule has 1 fully saturated rings. The van der Waals surface area contributed by atoms with Crippen LogP contribution in [0.4, 0.5) is 0 Å². The van der Waals surface area contributed by atoms with Gasteiger partial charge in [-0.1, -0.05) is 11.6 Å². The summed E-state index contributed by atoms with van der Waals surface area (Å²) in [4.78, 5) is 6.10. The SMILES string of the molecule is CN1CCN(C(CN)c2ccc(Cl)s2)CC1. The molecular weight excluding hydrogens is 242 g/mol. The number of rotatable bonds is 3. The van der Waals surface area contributed by atoms with Crippen molar-refractivity contribution in [2.24, 2.45) is 5.73 Å². The van der Waals surface area contributed by atoms with Crippen molar-refractivity contribution in [3.05, 3.63) is 21.3 Å². The van der Waals surface area contributed by atoms with Crippen LogP contribution < -0.4 is 5.73 Å². The number of nitrogens with zero attached hydrogens (tertiary/aromatic N) is 2. The molecule has 0 aromatic carbocycles. The highest BCUT2D eigenvalue weighted by atomic mass is 35.5. The quantitative estimate of drug-likeness (QED) is 0.896. The largest absolute Gasteiger partial charge is 0.329 e. The number of hydrogen-bond acceptors (Lipinski definition) is 4. The Morgan fingerprint density at radius 2 is 2.06 bits per heavy atom. The van der Waals surface area contributed by atoms with Crippen LogP contribution in [0.25, 0.3) is 0 Å². The van der Waals surface area contributed by atoms with E-state index in [1.165, 1.54) is 4.88 Å². The monoisotopic (exact) mass is 259 g/mol. The maximum Gasteiger partial charge on any atom is 0.0931 e. The lowest BCUT2D eigenvalue weighted by atomic mass is 10.2. The molecule has 0 saturated carbocycles. The third-order valence-corrected chi connectivity index (χ3v) is 4.46. The van der Waals surface area contributed by atoms with Crippen molar-refractivity contribution < 1.29 is 0 Å². The lowest BCUT2D eigenvalue weighted by Crippen LogP contribution is -2.47. The minimum absolute atomic E-state index is 0.339. The summed E-state index contributed by atoms with van der Waals surface area (Å²) in [6, 6.07) is 4.40. The summed E-state index contributed by atoms with van der Waals surface area (Å²) < 4.78 is 0.850. The first-order valence-electron chi connectivity index (χ1n) is 5.58. The van der Waals surface area contributed by atoms with Crippen LogP contribution in [0.1, 0.15) is 10.9 Å². The lowest BCUT2D eigenvalue weighted by Gasteiger charge is -2.37. The first-order valence-corrected chi connectivity index (χ1v) is 6.78. The molecule has 0 bridgehead atoms. The maximum absolute atomic E-state index is 5.97. The first-order chi connectivity index (χ1) is 7.70. The van der Waals surface area contributed by atoms with E-state index in [9.17, 15) is 0 Å². The summed E-state index contributed by atoms with van der Waals surface area (Å²) in [5.74, 6) is 0. The van der Waals surface area contributed by atoms with E-state index in [1.807, 2.05) is 6.07 Å². The van der Waals surface area contributed by atoms with Crippen molar-refractivity contribution in [3.63, 3.8) is 0 Å². The Balaban J connectivity index is 2.05. The molecule has 0 spiro atoms. The standard InChI is InChI=1S/C11H18ClN3S/c1-14-4-6-15(7-5-14)9(8-13)10-2-3-11(12)16-10/h2-3,9H,4-8,13H2,1H3. The molecule has 1 aliphatic rings. The average molecular weight is 260 g/mol. The fraction of sp³-hybridized carbons (Fsp3) is 0.636. The highest BCUT2D eigenvalue weighted by Gasteiger charge is 2.23. The van der Waals surface area contributed by atoms with E-state index in [2.05, 4.69) is 22.9 Å². The van der Waals surface area contributed by atoms with Crippen LogP contribution in [0, 0.1) is 0 Å². The molecule has 0 radical (unpaired) electrons. The van der Waals surface area contributed by atoms with E-state index in [0.717, 1.165) is 30.5 Å². The van der Waals surface area contributed by atoms with Gasteiger partial charge < -0.3 is 10.6 Å². The van der Waals surface area contributed by atoms with Crippen molar-refractivity contribution in [2.75, 3.05) is 39.8 Å². The van der Waals surface area contributed by atoms with Gasteiger partial charge in [-0.15, -0.1) is 11.3 Å². The van der Waals surface area contributed by atoms with Gasteiger partial charge in [-0.25, -0.2) is 0 Å². The van der Waals surface area contributed by atoms with E-state index in [4.69, 9.17) is 17.3 Å². The number of halogens is 1. The summed E-state index contributed by atoms with van der Waals surface area (Å²) in [7, 11) is 2.16. The minimum Gasteiger partial charge on any atom is -0.329 e. The highest BCUT2D eigenvalue weighted by Crippen LogP contribution is 2.30. The molecule has 90 valence electrons. The van der Waals surface area contributed by atoms with E-state index in [-0.39, 0.29) is 0 Å². The van der Waals surface area contributed by atoms with Crippen LogP contribution in [-0.4, -0.2) is 49.6 Å². The second kappa shape index (κ2) is 5.47. The van der Waals surface area contributed by atoms with Crippen molar-refractivity contribution in [1.29, 1.82) is 0 Å². The van der Waals surface area contributed by atoms with Crippen molar-refractivity contribution in [1.82, 2.24) is 9.80 Å². The van der Waals surface area contributed by atoms with Crippen molar-refractivity contribution >= 4 is 22.9 Å². The minimum atomic E-state index is 0.339. The second-order valence-corrected chi connectivity index (χ2v) is 5.98. The van der Waals surface area contributed by atoms with Gasteiger partial charge in [0.1, 0.15) is 0 Å². The molecular formula is C11H18ClN3S. The Hall–Kier alpha value is -0.130. The number of nitrogens with two attached hydrogens (primary N) is 1. The smallest absolute Gasteiger partial charge is 0.0931 e. The van der Waals surface area contributed by atoms with E-state index in [0.29, 0.717) is 12.6 Å². The lowest BCUT2D eigenvalue weighted by molar-refractivity contribution is 0.116. The molecule has 1 aromatic heterocycles. The second-order valence-electron chi connectivity index (χ2n) is 4.23. The number of thiophene rings is 1. The Morgan fingerprint density at radius 1 is 1.38 bits per heavy atom. The fourth-order valence-corrected chi connectivity index (χ4v) is 3.30. The molecule has 2 N–H and O–H groups in total. The van der Waals surface area contributed by atoms with Gasteiger partial charge >= 0.3 is 0 Å². The third-order valence-electron chi connectivity index (χ3n) is 3.12. The molecule has 1 aliphatic heterocycles. The third kappa shape index (κ3) is 2.76. The summed E-state index contributed by atoms with van der Waals surface area (Å²) >= 11 is 7.62. The molecule has 2 rings (SSSR count). The predicted octanol–water partition coefficient (Wildman–Crippen LogP) is 1.65. The zero-order valence-corrected chi connectivity index (χ0v) is 11.1.